The van der Waals surface area contributed by atoms with Crippen molar-refractivity contribution < 1.29 is 0 Å². The molecule has 0 aliphatic carbocycles. The Kier molecular flexibility index (Phi) is 10.9. The Morgan fingerprint density at radius 2 is 1.81 bits per heavy atom. The van der Waals surface area contributed by atoms with Gasteiger partial charge < -0.3 is 10.6 Å². The highest BCUT2D eigenvalue weighted by Crippen LogP contribution is 2.08. The molecule has 0 bridgehead atoms. The minimum absolute atomic E-state index is 0.799. The fourth-order valence-electron chi connectivity index (χ4n) is 1.19. The molecule has 0 radical (unpaired) electrons. The predicted molar refractivity (Wildman–Crippen MR) is 76.4 cm³/mol. The van der Waals surface area contributed by atoms with Gasteiger partial charge in [-0.25, -0.2) is 0 Å². The minimum Gasteiger partial charge on any atom is -0.357 e. The molecular formula is C12H27N3S. The first-order valence-electron chi connectivity index (χ1n) is 6.30. The van der Waals surface area contributed by atoms with Crippen molar-refractivity contribution in [3.05, 3.63) is 0 Å². The van der Waals surface area contributed by atoms with E-state index in [1.807, 2.05) is 11.8 Å². The molecule has 2 N–H and O–H groups in total. The van der Waals surface area contributed by atoms with Gasteiger partial charge in [-0.3, -0.25) is 4.99 Å². The van der Waals surface area contributed by atoms with Crippen molar-refractivity contribution in [1.29, 1.82) is 0 Å². The molecule has 0 rings (SSSR count). The summed E-state index contributed by atoms with van der Waals surface area (Å²) in [5, 5.41) is 6.45. The summed E-state index contributed by atoms with van der Waals surface area (Å²) in [6, 6.07) is 0. The molecule has 0 saturated carbocycles. The van der Waals surface area contributed by atoms with Crippen LogP contribution in [-0.4, -0.2) is 37.1 Å². The van der Waals surface area contributed by atoms with E-state index in [1.54, 1.807) is 0 Å². The summed E-state index contributed by atoms with van der Waals surface area (Å²) >= 11 is 2.03. The Labute approximate surface area is 105 Å². The Morgan fingerprint density at radius 3 is 2.31 bits per heavy atom. The van der Waals surface area contributed by atoms with Gasteiger partial charge in [0.05, 0.1) is 0 Å². The summed E-state index contributed by atoms with van der Waals surface area (Å²) in [6.45, 7) is 11.5. The summed E-state index contributed by atoms with van der Waals surface area (Å²) < 4.78 is 0. The molecule has 0 aliphatic rings. The lowest BCUT2D eigenvalue weighted by Crippen LogP contribution is -2.37. The fourth-order valence-corrected chi connectivity index (χ4v) is 2.16. The Balaban J connectivity index is 3.53. The van der Waals surface area contributed by atoms with Crippen LogP contribution in [0.3, 0.4) is 0 Å². The van der Waals surface area contributed by atoms with Crippen LogP contribution in [0, 0.1) is 5.92 Å². The van der Waals surface area contributed by atoms with E-state index in [4.69, 9.17) is 0 Å². The van der Waals surface area contributed by atoms with Crippen molar-refractivity contribution in [3.63, 3.8) is 0 Å². The Bertz CT molecular complexity index is 173. The highest BCUT2D eigenvalue weighted by atomic mass is 32.2. The number of guanidine groups is 1. The van der Waals surface area contributed by atoms with E-state index in [9.17, 15) is 0 Å². The second-order valence-electron chi connectivity index (χ2n) is 4.11. The van der Waals surface area contributed by atoms with E-state index in [1.165, 1.54) is 11.5 Å². The zero-order valence-corrected chi connectivity index (χ0v) is 12.0. The fraction of sp³-hybridized carbons (Fsp3) is 0.917. The molecule has 0 saturated heterocycles. The first kappa shape index (κ1) is 15.6. The first-order valence-corrected chi connectivity index (χ1v) is 7.46. The van der Waals surface area contributed by atoms with Gasteiger partial charge in [-0.1, -0.05) is 13.8 Å². The summed E-state index contributed by atoms with van der Waals surface area (Å²) in [4.78, 5) is 4.50. The van der Waals surface area contributed by atoms with Gasteiger partial charge in [0.1, 0.15) is 0 Å². The normalized spacial score (nSPS) is 10.3. The molecule has 0 aromatic carbocycles. The van der Waals surface area contributed by atoms with E-state index in [0.29, 0.717) is 0 Å². The molecule has 0 aromatic rings. The summed E-state index contributed by atoms with van der Waals surface area (Å²) in [7, 11) is 0. The third kappa shape index (κ3) is 10.1. The quantitative estimate of drug-likeness (QED) is 0.391. The topological polar surface area (TPSA) is 36.4 Å². The number of hydrogen-bond donors (Lipinski definition) is 2. The van der Waals surface area contributed by atoms with Gasteiger partial charge in [0, 0.05) is 19.6 Å². The standard InChI is InChI=1S/C12H27N3S/c1-5-13-12(14-6-2)15-8-7-9-16-10-11(3)4/h11H,5-10H2,1-4H3,(H2,13,14,15). The number of rotatable bonds is 8. The maximum Gasteiger partial charge on any atom is 0.191 e. The third-order valence-electron chi connectivity index (χ3n) is 1.86. The highest BCUT2D eigenvalue weighted by molar-refractivity contribution is 7.99. The number of aliphatic imine (C=N–C) groups is 1. The van der Waals surface area contributed by atoms with Crippen LogP contribution in [0.2, 0.25) is 0 Å². The number of hydrogen-bond acceptors (Lipinski definition) is 2. The molecule has 0 spiro atoms. The molecule has 0 heterocycles. The zero-order chi connectivity index (χ0) is 12.2. The largest absolute Gasteiger partial charge is 0.357 e. The lowest BCUT2D eigenvalue weighted by molar-refractivity contribution is 0.749. The molecule has 0 aliphatic heterocycles. The zero-order valence-electron chi connectivity index (χ0n) is 11.2. The molecule has 0 unspecified atom stereocenters. The molecule has 3 nitrogen and oxygen atoms in total. The lowest BCUT2D eigenvalue weighted by atomic mass is 10.3. The Morgan fingerprint density at radius 1 is 1.19 bits per heavy atom. The van der Waals surface area contributed by atoms with Crippen molar-refractivity contribution in [1.82, 2.24) is 10.6 Å². The van der Waals surface area contributed by atoms with Gasteiger partial charge in [-0.05, 0) is 37.7 Å². The van der Waals surface area contributed by atoms with E-state index < -0.39 is 0 Å². The average Bonchev–Trinajstić information content (AvgIpc) is 2.23. The van der Waals surface area contributed by atoms with Crippen LogP contribution in [0.5, 0.6) is 0 Å². The van der Waals surface area contributed by atoms with Gasteiger partial charge in [-0.15, -0.1) is 0 Å². The van der Waals surface area contributed by atoms with Crippen LogP contribution in [0.15, 0.2) is 4.99 Å². The van der Waals surface area contributed by atoms with Gasteiger partial charge in [0.15, 0.2) is 5.96 Å². The lowest BCUT2D eigenvalue weighted by Gasteiger charge is -2.09. The van der Waals surface area contributed by atoms with E-state index in [-0.39, 0.29) is 0 Å². The maximum absolute atomic E-state index is 4.50. The number of thioether (sulfide) groups is 1. The molecule has 16 heavy (non-hydrogen) atoms. The first-order chi connectivity index (χ1) is 7.70. The summed E-state index contributed by atoms with van der Waals surface area (Å²) in [5.41, 5.74) is 0. The predicted octanol–water partition coefficient (Wildman–Crippen LogP) is 2.34. The van der Waals surface area contributed by atoms with E-state index >= 15 is 0 Å². The van der Waals surface area contributed by atoms with Gasteiger partial charge in [0.25, 0.3) is 0 Å². The molecular weight excluding hydrogens is 218 g/mol. The van der Waals surface area contributed by atoms with Crippen molar-refractivity contribution in [2.24, 2.45) is 10.9 Å². The summed E-state index contributed by atoms with van der Waals surface area (Å²) in [6.07, 6.45) is 1.16. The second kappa shape index (κ2) is 11.1. The highest BCUT2D eigenvalue weighted by Gasteiger charge is 1.95. The SMILES string of the molecule is CCNC(=NCCCSCC(C)C)NCC. The molecule has 4 heteroatoms. The third-order valence-corrected chi connectivity index (χ3v) is 3.34. The van der Waals surface area contributed by atoms with Gasteiger partial charge >= 0.3 is 0 Å². The molecule has 0 fully saturated rings. The summed E-state index contributed by atoms with van der Waals surface area (Å²) in [5.74, 6) is 4.22. The maximum atomic E-state index is 4.50. The second-order valence-corrected chi connectivity index (χ2v) is 5.26. The van der Waals surface area contributed by atoms with Gasteiger partial charge in [-0.2, -0.15) is 11.8 Å². The average molecular weight is 245 g/mol. The molecule has 0 atom stereocenters. The minimum atomic E-state index is 0.799. The number of nitrogens with zero attached hydrogens (tertiary/aromatic N) is 1. The number of nitrogens with one attached hydrogen (secondary N) is 2. The van der Waals surface area contributed by atoms with E-state index in [2.05, 4.69) is 43.3 Å². The van der Waals surface area contributed by atoms with Crippen molar-refractivity contribution in [2.75, 3.05) is 31.1 Å². The van der Waals surface area contributed by atoms with Crippen LogP contribution in [0.25, 0.3) is 0 Å². The monoisotopic (exact) mass is 245 g/mol. The molecule has 0 aromatic heterocycles. The molecule has 96 valence electrons. The van der Waals surface area contributed by atoms with Gasteiger partial charge in [0.2, 0.25) is 0 Å². The van der Waals surface area contributed by atoms with Crippen molar-refractivity contribution in [3.8, 4) is 0 Å². The smallest absolute Gasteiger partial charge is 0.191 e. The van der Waals surface area contributed by atoms with E-state index in [0.717, 1.165) is 37.9 Å². The van der Waals surface area contributed by atoms with Crippen molar-refractivity contribution >= 4 is 17.7 Å². The molecule has 0 amide bonds. The van der Waals surface area contributed by atoms with Crippen LogP contribution >= 0.6 is 11.8 Å². The Hall–Kier alpha value is -0.380. The van der Waals surface area contributed by atoms with Crippen LogP contribution in [-0.2, 0) is 0 Å². The van der Waals surface area contributed by atoms with Crippen LogP contribution in [0.1, 0.15) is 34.1 Å². The van der Waals surface area contributed by atoms with Crippen molar-refractivity contribution in [2.45, 2.75) is 34.1 Å². The van der Waals surface area contributed by atoms with Crippen LogP contribution in [0.4, 0.5) is 0 Å². The van der Waals surface area contributed by atoms with Crippen LogP contribution < -0.4 is 10.6 Å².